The second-order valence-electron chi connectivity index (χ2n) is 6.92. The Morgan fingerprint density at radius 1 is 1.13 bits per heavy atom. The third kappa shape index (κ3) is 4.28. The van der Waals surface area contributed by atoms with E-state index in [1.165, 1.54) is 12.1 Å². The van der Waals surface area contributed by atoms with E-state index < -0.39 is 11.7 Å². The highest BCUT2D eigenvalue weighted by atomic mass is 32.1. The number of imidazole rings is 1. The molecule has 0 amide bonds. The van der Waals surface area contributed by atoms with Crippen LogP contribution in [-0.2, 0) is 6.18 Å². The summed E-state index contributed by atoms with van der Waals surface area (Å²) < 4.78 is 44.1. The Balaban J connectivity index is 1.38. The molecule has 1 aliphatic rings. The Morgan fingerprint density at radius 3 is 2.60 bits per heavy atom. The fourth-order valence-electron chi connectivity index (χ4n) is 3.40. The molecule has 0 atom stereocenters. The lowest BCUT2D eigenvalue weighted by atomic mass is 10.1. The van der Waals surface area contributed by atoms with Gasteiger partial charge in [-0.1, -0.05) is 6.07 Å². The lowest BCUT2D eigenvalue weighted by Crippen LogP contribution is -2.50. The minimum atomic E-state index is -4.35. The van der Waals surface area contributed by atoms with Crippen molar-refractivity contribution in [1.29, 1.82) is 0 Å². The average molecular weight is 435 g/mol. The van der Waals surface area contributed by atoms with Gasteiger partial charge >= 0.3 is 6.18 Å². The quantitative estimate of drug-likeness (QED) is 0.604. The molecule has 1 aliphatic heterocycles. The third-order valence-corrected chi connectivity index (χ3v) is 5.38. The number of thiocarbonyl (C=S) groups is 1. The molecule has 2 N–H and O–H groups in total. The van der Waals surface area contributed by atoms with Crippen molar-refractivity contribution in [2.45, 2.75) is 6.18 Å². The molecule has 10 heteroatoms. The molecule has 2 heterocycles. The Bertz CT molecular complexity index is 1060. The number of fused-ring (bicyclic) bond motifs is 1. The van der Waals surface area contributed by atoms with Crippen LogP contribution in [0.15, 0.2) is 42.5 Å². The number of alkyl halides is 3. The van der Waals surface area contributed by atoms with Crippen LogP contribution in [0.4, 0.5) is 24.8 Å². The van der Waals surface area contributed by atoms with Crippen LogP contribution in [0.3, 0.4) is 0 Å². The number of halogens is 3. The summed E-state index contributed by atoms with van der Waals surface area (Å²) in [6.07, 6.45) is -4.35. The minimum absolute atomic E-state index is 0.518. The van der Waals surface area contributed by atoms with E-state index in [0.717, 1.165) is 22.8 Å². The first-order chi connectivity index (χ1) is 14.3. The number of piperazine rings is 1. The Kier molecular flexibility index (Phi) is 5.42. The summed E-state index contributed by atoms with van der Waals surface area (Å²) in [5, 5.41) is 3.62. The molecule has 1 saturated heterocycles. The van der Waals surface area contributed by atoms with Crippen LogP contribution in [0.2, 0.25) is 0 Å². The number of nitrogens with one attached hydrogen (secondary N) is 2. The number of H-pyrrole nitrogens is 1. The first kappa shape index (κ1) is 20.3. The van der Waals surface area contributed by atoms with E-state index in [1.807, 2.05) is 28.0 Å². The van der Waals surface area contributed by atoms with Crippen molar-refractivity contribution in [3.8, 4) is 5.75 Å². The van der Waals surface area contributed by atoms with Crippen LogP contribution in [0.1, 0.15) is 5.56 Å². The molecule has 2 aromatic carbocycles. The van der Waals surface area contributed by atoms with Crippen molar-refractivity contribution >= 4 is 40.0 Å². The van der Waals surface area contributed by atoms with Gasteiger partial charge in [-0.25, -0.2) is 4.98 Å². The van der Waals surface area contributed by atoms with Gasteiger partial charge < -0.3 is 24.8 Å². The molecule has 0 radical (unpaired) electrons. The number of nitrogens with zero attached hydrogens (tertiary/aromatic N) is 3. The predicted molar refractivity (Wildman–Crippen MR) is 114 cm³/mol. The van der Waals surface area contributed by atoms with Crippen molar-refractivity contribution in [3.63, 3.8) is 0 Å². The number of aromatic amines is 1. The van der Waals surface area contributed by atoms with Crippen molar-refractivity contribution in [2.24, 2.45) is 0 Å². The van der Waals surface area contributed by atoms with Crippen LogP contribution >= 0.6 is 12.2 Å². The summed E-state index contributed by atoms with van der Waals surface area (Å²) in [6.45, 7) is 2.33. The number of hydrogen-bond acceptors (Lipinski definition) is 4. The molecule has 3 aromatic rings. The highest BCUT2D eigenvalue weighted by Gasteiger charge is 2.31. The van der Waals surface area contributed by atoms with Crippen molar-refractivity contribution in [2.75, 3.05) is 43.5 Å². The van der Waals surface area contributed by atoms with Crippen molar-refractivity contribution in [3.05, 3.63) is 48.0 Å². The molecule has 0 bridgehead atoms. The monoisotopic (exact) mass is 435 g/mol. The molecule has 30 heavy (non-hydrogen) atoms. The maximum Gasteiger partial charge on any atom is 0.416 e. The maximum absolute atomic E-state index is 13.0. The molecule has 0 unspecified atom stereocenters. The molecular weight excluding hydrogens is 415 g/mol. The van der Waals surface area contributed by atoms with E-state index in [-0.39, 0.29) is 0 Å². The summed E-state index contributed by atoms with van der Waals surface area (Å²) in [6, 6.07) is 10.9. The Hall–Kier alpha value is -3.01. The molecule has 4 rings (SSSR count). The number of benzene rings is 2. The summed E-state index contributed by atoms with van der Waals surface area (Å²) in [5.41, 5.74) is 1.54. The molecule has 1 aromatic heterocycles. The lowest BCUT2D eigenvalue weighted by molar-refractivity contribution is -0.137. The number of ether oxygens (including phenoxy) is 1. The van der Waals surface area contributed by atoms with Crippen LogP contribution in [-0.4, -0.2) is 53.3 Å². The first-order valence-electron chi connectivity index (χ1n) is 9.35. The summed E-state index contributed by atoms with van der Waals surface area (Å²) in [4.78, 5) is 11.5. The van der Waals surface area contributed by atoms with Gasteiger partial charge in [-0.15, -0.1) is 0 Å². The highest BCUT2D eigenvalue weighted by Crippen LogP contribution is 2.32. The topological polar surface area (TPSA) is 56.4 Å². The molecule has 0 aliphatic carbocycles. The average Bonchev–Trinajstić information content (AvgIpc) is 3.14. The van der Waals surface area contributed by atoms with Gasteiger partial charge in [0.1, 0.15) is 5.75 Å². The van der Waals surface area contributed by atoms with Gasteiger partial charge in [0, 0.05) is 37.9 Å². The van der Waals surface area contributed by atoms with Crippen LogP contribution in [0, 0.1) is 0 Å². The first-order valence-corrected chi connectivity index (χ1v) is 9.76. The minimum Gasteiger partial charge on any atom is -0.497 e. The molecule has 0 spiro atoms. The fraction of sp³-hybridized carbons (Fsp3) is 0.300. The predicted octanol–water partition coefficient (Wildman–Crippen LogP) is 4.11. The van der Waals surface area contributed by atoms with E-state index in [9.17, 15) is 13.2 Å². The van der Waals surface area contributed by atoms with E-state index in [0.29, 0.717) is 42.9 Å². The van der Waals surface area contributed by atoms with E-state index in [1.54, 1.807) is 13.2 Å². The third-order valence-electron chi connectivity index (χ3n) is 5.02. The molecule has 1 fully saturated rings. The lowest BCUT2D eigenvalue weighted by Gasteiger charge is -2.37. The zero-order chi connectivity index (χ0) is 21.3. The zero-order valence-electron chi connectivity index (χ0n) is 16.2. The largest absolute Gasteiger partial charge is 0.497 e. The summed E-state index contributed by atoms with van der Waals surface area (Å²) in [7, 11) is 1.60. The van der Waals surface area contributed by atoms with Gasteiger partial charge in [0.2, 0.25) is 5.95 Å². The number of aromatic nitrogens is 2. The smallest absolute Gasteiger partial charge is 0.416 e. The van der Waals surface area contributed by atoms with Crippen molar-refractivity contribution in [1.82, 2.24) is 14.9 Å². The summed E-state index contributed by atoms with van der Waals surface area (Å²) in [5.74, 6) is 1.26. The number of rotatable bonds is 3. The molecular formula is C20H20F3N5OS. The second-order valence-corrected chi connectivity index (χ2v) is 7.31. The Morgan fingerprint density at radius 2 is 1.90 bits per heavy atom. The van der Waals surface area contributed by atoms with E-state index in [4.69, 9.17) is 17.0 Å². The normalized spacial score (nSPS) is 14.8. The van der Waals surface area contributed by atoms with E-state index in [2.05, 4.69) is 15.3 Å². The molecule has 6 nitrogen and oxygen atoms in total. The number of anilines is 2. The van der Waals surface area contributed by atoms with Gasteiger partial charge in [0.05, 0.1) is 23.7 Å². The highest BCUT2D eigenvalue weighted by molar-refractivity contribution is 7.80. The summed E-state index contributed by atoms with van der Waals surface area (Å²) >= 11 is 5.50. The SMILES string of the molecule is COc1ccc2nc(NC(=S)N3CCN(c4cccc(C(F)(F)F)c4)CC3)[nH]c2c1. The number of hydrogen-bond donors (Lipinski definition) is 2. The van der Waals surface area contributed by atoms with Gasteiger partial charge in [-0.3, -0.25) is 0 Å². The van der Waals surface area contributed by atoms with Crippen molar-refractivity contribution < 1.29 is 17.9 Å². The van der Waals surface area contributed by atoms with Crippen LogP contribution < -0.4 is 15.0 Å². The molecule has 158 valence electrons. The van der Waals surface area contributed by atoms with Gasteiger partial charge in [-0.05, 0) is 42.5 Å². The second kappa shape index (κ2) is 8.02. The van der Waals surface area contributed by atoms with Gasteiger partial charge in [0.15, 0.2) is 5.11 Å². The maximum atomic E-state index is 13.0. The van der Waals surface area contributed by atoms with Crippen LogP contribution in [0.25, 0.3) is 11.0 Å². The Labute approximate surface area is 176 Å². The molecule has 0 saturated carbocycles. The standard InChI is InChI=1S/C20H20F3N5OS/c1-29-15-5-6-16-17(12-15)25-18(24-16)26-19(30)28-9-7-27(8-10-28)14-4-2-3-13(11-14)20(21,22)23/h2-6,11-12H,7-10H2,1H3,(H2,24,25,26,30). The fourth-order valence-corrected chi connectivity index (χ4v) is 3.68. The zero-order valence-corrected chi connectivity index (χ0v) is 17.0. The number of methoxy groups -OCH3 is 1. The van der Waals surface area contributed by atoms with E-state index >= 15 is 0 Å². The van der Waals surface area contributed by atoms with Crippen LogP contribution in [0.5, 0.6) is 5.75 Å². The van der Waals surface area contributed by atoms with Gasteiger partial charge in [0.25, 0.3) is 0 Å². The van der Waals surface area contributed by atoms with Gasteiger partial charge in [-0.2, -0.15) is 13.2 Å².